The molecule has 2 atom stereocenters. The quantitative estimate of drug-likeness (QED) is 0.752. The van der Waals surface area contributed by atoms with Gasteiger partial charge in [-0.25, -0.2) is 0 Å². The molecule has 2 aromatic carbocycles. The summed E-state index contributed by atoms with van der Waals surface area (Å²) in [7, 11) is 0. The molecule has 0 spiro atoms. The molecular formula is C19H21ClN2O. The second kappa shape index (κ2) is 6.34. The van der Waals surface area contributed by atoms with Crippen molar-refractivity contribution in [1.29, 1.82) is 0 Å². The van der Waals surface area contributed by atoms with Crippen molar-refractivity contribution >= 4 is 24.0 Å². The molecule has 1 fully saturated rings. The van der Waals surface area contributed by atoms with Gasteiger partial charge in [0.2, 0.25) is 5.91 Å². The SMILES string of the molecule is Cl.NC1CCC(C(=O)Nc2ccc3c(c2)Cc2ccccc2-3)C1. The van der Waals surface area contributed by atoms with Gasteiger partial charge in [0.15, 0.2) is 0 Å². The number of carbonyl (C=O) groups is 1. The predicted molar refractivity (Wildman–Crippen MR) is 95.9 cm³/mol. The minimum Gasteiger partial charge on any atom is -0.328 e. The molecule has 0 saturated heterocycles. The standard InChI is InChI=1S/C19H20N2O.ClH/c20-15-6-5-13(10-15)19(22)21-16-7-8-18-14(11-16)9-12-3-1-2-4-17(12)18;/h1-4,7-8,11,13,15H,5-6,9-10,20H2,(H,21,22);1H. The Balaban J connectivity index is 0.00000156. The van der Waals surface area contributed by atoms with E-state index in [0.717, 1.165) is 31.4 Å². The number of rotatable bonds is 2. The van der Waals surface area contributed by atoms with Crippen molar-refractivity contribution in [2.45, 2.75) is 31.7 Å². The van der Waals surface area contributed by atoms with Crippen molar-refractivity contribution in [3.8, 4) is 11.1 Å². The van der Waals surface area contributed by atoms with Gasteiger partial charge in [-0.2, -0.15) is 0 Å². The smallest absolute Gasteiger partial charge is 0.227 e. The van der Waals surface area contributed by atoms with Crippen LogP contribution in [-0.2, 0) is 11.2 Å². The summed E-state index contributed by atoms with van der Waals surface area (Å²) >= 11 is 0. The van der Waals surface area contributed by atoms with E-state index in [-0.39, 0.29) is 30.3 Å². The number of hydrogen-bond acceptors (Lipinski definition) is 2. The van der Waals surface area contributed by atoms with Crippen molar-refractivity contribution in [3.05, 3.63) is 53.6 Å². The number of fused-ring (bicyclic) bond motifs is 3. The monoisotopic (exact) mass is 328 g/mol. The molecule has 0 radical (unpaired) electrons. The van der Waals surface area contributed by atoms with Crippen LogP contribution in [0.15, 0.2) is 42.5 Å². The molecule has 2 unspecified atom stereocenters. The summed E-state index contributed by atoms with van der Waals surface area (Å²) in [6, 6.07) is 14.9. The molecule has 4 rings (SSSR count). The number of amides is 1. The lowest BCUT2D eigenvalue weighted by Gasteiger charge is -2.12. The summed E-state index contributed by atoms with van der Waals surface area (Å²) in [5, 5.41) is 3.07. The molecule has 2 aromatic rings. The maximum absolute atomic E-state index is 12.3. The fourth-order valence-corrected chi connectivity index (χ4v) is 3.72. The molecule has 3 N–H and O–H groups in total. The molecule has 0 heterocycles. The lowest BCUT2D eigenvalue weighted by atomic mass is 10.0. The molecule has 2 aliphatic carbocycles. The zero-order valence-corrected chi connectivity index (χ0v) is 13.7. The summed E-state index contributed by atoms with van der Waals surface area (Å²) < 4.78 is 0. The molecule has 2 aliphatic rings. The maximum Gasteiger partial charge on any atom is 0.227 e. The Morgan fingerprint density at radius 1 is 1.04 bits per heavy atom. The van der Waals surface area contributed by atoms with Gasteiger partial charge >= 0.3 is 0 Å². The van der Waals surface area contributed by atoms with Crippen LogP contribution in [0.1, 0.15) is 30.4 Å². The molecular weight excluding hydrogens is 308 g/mol. The van der Waals surface area contributed by atoms with Crippen molar-refractivity contribution in [2.75, 3.05) is 5.32 Å². The van der Waals surface area contributed by atoms with Crippen LogP contribution in [0.3, 0.4) is 0 Å². The normalized spacial score (nSPS) is 21.3. The predicted octanol–water partition coefficient (Wildman–Crippen LogP) is 3.75. The number of halogens is 1. The molecule has 0 aliphatic heterocycles. The third-order valence-electron chi connectivity index (χ3n) is 4.91. The molecule has 120 valence electrons. The number of nitrogens with one attached hydrogen (secondary N) is 1. The summed E-state index contributed by atoms with van der Waals surface area (Å²) in [4.78, 5) is 12.3. The van der Waals surface area contributed by atoms with Gasteiger partial charge in [0.25, 0.3) is 0 Å². The highest BCUT2D eigenvalue weighted by atomic mass is 35.5. The Labute approximate surface area is 142 Å². The zero-order chi connectivity index (χ0) is 15.1. The molecule has 0 bridgehead atoms. The Hall–Kier alpha value is -1.84. The van der Waals surface area contributed by atoms with Gasteiger partial charge in [-0.1, -0.05) is 30.3 Å². The van der Waals surface area contributed by atoms with E-state index in [2.05, 4.69) is 41.7 Å². The highest BCUT2D eigenvalue weighted by Crippen LogP contribution is 2.37. The highest BCUT2D eigenvalue weighted by Gasteiger charge is 2.28. The first kappa shape index (κ1) is 16.0. The highest BCUT2D eigenvalue weighted by molar-refractivity contribution is 5.93. The van der Waals surface area contributed by atoms with Crippen LogP contribution < -0.4 is 11.1 Å². The number of carbonyl (C=O) groups excluding carboxylic acids is 1. The molecule has 3 nitrogen and oxygen atoms in total. The van der Waals surface area contributed by atoms with Gasteiger partial charge in [0.05, 0.1) is 0 Å². The van der Waals surface area contributed by atoms with E-state index >= 15 is 0 Å². The van der Waals surface area contributed by atoms with E-state index in [1.165, 1.54) is 22.3 Å². The third-order valence-corrected chi connectivity index (χ3v) is 4.91. The first-order valence-electron chi connectivity index (χ1n) is 7.98. The largest absolute Gasteiger partial charge is 0.328 e. The Kier molecular flexibility index (Phi) is 4.42. The van der Waals surface area contributed by atoms with E-state index < -0.39 is 0 Å². The molecule has 1 saturated carbocycles. The molecule has 1 amide bonds. The number of hydrogen-bond donors (Lipinski definition) is 2. The lowest BCUT2D eigenvalue weighted by Crippen LogP contribution is -2.23. The Morgan fingerprint density at radius 3 is 2.61 bits per heavy atom. The number of benzene rings is 2. The fourth-order valence-electron chi connectivity index (χ4n) is 3.72. The van der Waals surface area contributed by atoms with E-state index in [1.54, 1.807) is 0 Å². The summed E-state index contributed by atoms with van der Waals surface area (Å²) in [5.41, 5.74) is 12.1. The first-order chi connectivity index (χ1) is 10.7. The van der Waals surface area contributed by atoms with Crippen molar-refractivity contribution < 1.29 is 4.79 Å². The zero-order valence-electron chi connectivity index (χ0n) is 12.9. The summed E-state index contributed by atoms with van der Waals surface area (Å²) in [5.74, 6) is 0.184. The van der Waals surface area contributed by atoms with Crippen LogP contribution >= 0.6 is 12.4 Å². The molecule has 23 heavy (non-hydrogen) atoms. The fraction of sp³-hybridized carbons (Fsp3) is 0.316. The lowest BCUT2D eigenvalue weighted by molar-refractivity contribution is -0.119. The van der Waals surface area contributed by atoms with Crippen molar-refractivity contribution in [2.24, 2.45) is 11.7 Å². The van der Waals surface area contributed by atoms with Gasteiger partial charge in [-0.15, -0.1) is 12.4 Å². The Bertz CT molecular complexity index is 744. The van der Waals surface area contributed by atoms with Gasteiger partial charge in [0.1, 0.15) is 0 Å². The van der Waals surface area contributed by atoms with Crippen molar-refractivity contribution in [3.63, 3.8) is 0 Å². The average molecular weight is 329 g/mol. The van der Waals surface area contributed by atoms with E-state index in [0.29, 0.717) is 0 Å². The molecule has 4 heteroatoms. The van der Waals surface area contributed by atoms with Crippen LogP contribution in [-0.4, -0.2) is 11.9 Å². The number of nitrogens with two attached hydrogens (primary N) is 1. The maximum atomic E-state index is 12.3. The Morgan fingerprint density at radius 2 is 1.83 bits per heavy atom. The average Bonchev–Trinajstić information content (AvgIpc) is 3.10. The number of anilines is 1. The van der Waals surface area contributed by atoms with Crippen LogP contribution in [0.4, 0.5) is 5.69 Å². The minimum atomic E-state index is 0. The van der Waals surface area contributed by atoms with E-state index in [4.69, 9.17) is 5.73 Å². The van der Waals surface area contributed by atoms with Gasteiger partial charge in [0, 0.05) is 17.6 Å². The van der Waals surface area contributed by atoms with Crippen LogP contribution in [0, 0.1) is 5.92 Å². The first-order valence-corrected chi connectivity index (χ1v) is 7.98. The molecule has 0 aromatic heterocycles. The van der Waals surface area contributed by atoms with Crippen molar-refractivity contribution in [1.82, 2.24) is 0 Å². The van der Waals surface area contributed by atoms with Gasteiger partial charge in [-0.05, 0) is 60.1 Å². The topological polar surface area (TPSA) is 55.1 Å². The summed E-state index contributed by atoms with van der Waals surface area (Å²) in [6.45, 7) is 0. The van der Waals surface area contributed by atoms with E-state index in [9.17, 15) is 4.79 Å². The second-order valence-electron chi connectivity index (χ2n) is 6.47. The summed E-state index contributed by atoms with van der Waals surface area (Å²) in [6.07, 6.45) is 3.62. The minimum absolute atomic E-state index is 0. The second-order valence-corrected chi connectivity index (χ2v) is 6.47. The van der Waals surface area contributed by atoms with Crippen LogP contribution in [0.2, 0.25) is 0 Å². The third kappa shape index (κ3) is 2.99. The van der Waals surface area contributed by atoms with Crippen LogP contribution in [0.25, 0.3) is 11.1 Å². The van der Waals surface area contributed by atoms with E-state index in [1.807, 2.05) is 6.07 Å². The van der Waals surface area contributed by atoms with Gasteiger partial charge in [-0.3, -0.25) is 4.79 Å². The van der Waals surface area contributed by atoms with Crippen LogP contribution in [0.5, 0.6) is 0 Å². The van der Waals surface area contributed by atoms with Gasteiger partial charge < -0.3 is 11.1 Å².